The lowest BCUT2D eigenvalue weighted by Gasteiger charge is -2.15. The van der Waals surface area contributed by atoms with Crippen LogP contribution in [-0.2, 0) is 30.9 Å². The van der Waals surface area contributed by atoms with Crippen LogP contribution in [0.5, 0.6) is 0 Å². The largest absolute Gasteiger partial charge is 0.341 e. The number of hydrogen-bond acceptors (Lipinski definition) is 5. The average molecular weight is 424 g/mol. The monoisotopic (exact) mass is 424 g/mol. The summed E-state index contributed by atoms with van der Waals surface area (Å²) in [5.41, 5.74) is 2.31. The molecule has 0 spiro atoms. The van der Waals surface area contributed by atoms with Gasteiger partial charge in [-0.25, -0.2) is 13.1 Å². The topological polar surface area (TPSA) is 110 Å². The minimum Gasteiger partial charge on any atom is -0.341 e. The van der Waals surface area contributed by atoms with Gasteiger partial charge in [-0.05, 0) is 24.6 Å². The molecule has 1 aliphatic rings. The van der Waals surface area contributed by atoms with Crippen molar-refractivity contribution >= 4 is 27.5 Å². The maximum absolute atomic E-state index is 12.6. The van der Waals surface area contributed by atoms with Crippen LogP contribution < -0.4 is 10.6 Å². The van der Waals surface area contributed by atoms with Gasteiger partial charge in [0.05, 0.1) is 28.9 Å². The minimum absolute atomic E-state index is 0.192. The van der Waals surface area contributed by atoms with Crippen LogP contribution in [0.4, 0.5) is 5.82 Å². The van der Waals surface area contributed by atoms with Crippen molar-refractivity contribution in [2.45, 2.75) is 24.5 Å². The van der Waals surface area contributed by atoms with E-state index in [9.17, 15) is 18.0 Å². The van der Waals surface area contributed by atoms with E-state index in [0.29, 0.717) is 16.9 Å². The van der Waals surface area contributed by atoms with Crippen LogP contribution >= 0.6 is 0 Å². The molecule has 8 nitrogen and oxygen atoms in total. The summed E-state index contributed by atoms with van der Waals surface area (Å²) in [6.07, 6.45) is 0. The maximum atomic E-state index is 12.6. The third kappa shape index (κ3) is 3.97. The average Bonchev–Trinajstić information content (AvgIpc) is 3.21. The normalized spacial score (nSPS) is 15.2. The molecule has 0 saturated heterocycles. The quantitative estimate of drug-likeness (QED) is 0.624. The summed E-state index contributed by atoms with van der Waals surface area (Å²) in [4.78, 5) is 25.1. The summed E-state index contributed by atoms with van der Waals surface area (Å²) in [7, 11) is -3.32. The molecule has 0 fully saturated rings. The molecule has 0 radical (unpaired) electrons. The zero-order chi connectivity index (χ0) is 21.3. The predicted octanol–water partition coefficient (Wildman–Crippen LogP) is 2.12. The molecule has 9 heteroatoms. The number of carbonyl (C=O) groups is 2. The molecule has 2 amide bonds. The number of rotatable bonds is 4. The lowest BCUT2D eigenvalue weighted by molar-refractivity contribution is -0.136. The van der Waals surface area contributed by atoms with Gasteiger partial charge >= 0.3 is 11.8 Å². The van der Waals surface area contributed by atoms with Crippen molar-refractivity contribution in [3.63, 3.8) is 0 Å². The Kier molecular flexibility index (Phi) is 5.13. The molecule has 1 atom stereocenters. The Bertz CT molecular complexity index is 1200. The third-order valence-corrected chi connectivity index (χ3v) is 6.32. The molecule has 30 heavy (non-hydrogen) atoms. The molecule has 0 aliphatic carbocycles. The highest BCUT2D eigenvalue weighted by Gasteiger charge is 2.34. The molecule has 0 bridgehead atoms. The van der Waals surface area contributed by atoms with E-state index in [1.807, 2.05) is 36.4 Å². The Morgan fingerprint density at radius 2 is 1.60 bits per heavy atom. The number of para-hydroxylation sites is 1. The number of hydrogen-bond donors (Lipinski definition) is 2. The SMILES string of the molecule is C[C@@H](NC(=O)C(=O)Nc1c2c(nn1-c1ccccc1)CS(=O)(=O)C2)c1ccccc1. The van der Waals surface area contributed by atoms with Crippen LogP contribution in [0.15, 0.2) is 60.7 Å². The van der Waals surface area contributed by atoms with Gasteiger partial charge in [0.15, 0.2) is 9.84 Å². The van der Waals surface area contributed by atoms with Gasteiger partial charge < -0.3 is 10.6 Å². The molecule has 154 valence electrons. The first-order valence-corrected chi connectivity index (χ1v) is 11.2. The molecule has 0 unspecified atom stereocenters. The predicted molar refractivity (Wildman–Crippen MR) is 112 cm³/mol. The molecule has 2 N–H and O–H groups in total. The fourth-order valence-corrected chi connectivity index (χ4v) is 4.87. The number of anilines is 1. The fourth-order valence-electron chi connectivity index (χ4n) is 3.38. The van der Waals surface area contributed by atoms with Gasteiger partial charge in [0, 0.05) is 5.56 Å². The third-order valence-electron chi connectivity index (χ3n) is 4.87. The number of carbonyl (C=O) groups excluding carboxylic acids is 2. The Balaban J connectivity index is 1.59. The summed E-state index contributed by atoms with van der Waals surface area (Å²) in [5, 5.41) is 9.59. The number of amides is 2. The summed E-state index contributed by atoms with van der Waals surface area (Å²) in [5.74, 6) is -1.93. The summed E-state index contributed by atoms with van der Waals surface area (Å²) in [6, 6.07) is 17.9. The van der Waals surface area contributed by atoms with Crippen LogP contribution in [0.1, 0.15) is 29.8 Å². The van der Waals surface area contributed by atoms with E-state index in [4.69, 9.17) is 0 Å². The highest BCUT2D eigenvalue weighted by Crippen LogP contribution is 2.32. The molecule has 2 aromatic carbocycles. The molecule has 0 saturated carbocycles. The highest BCUT2D eigenvalue weighted by molar-refractivity contribution is 7.90. The van der Waals surface area contributed by atoms with Crippen molar-refractivity contribution in [2.75, 3.05) is 5.32 Å². The van der Waals surface area contributed by atoms with Gasteiger partial charge in [-0.3, -0.25) is 9.59 Å². The van der Waals surface area contributed by atoms with Crippen molar-refractivity contribution < 1.29 is 18.0 Å². The van der Waals surface area contributed by atoms with Crippen LogP contribution in [0.25, 0.3) is 5.69 Å². The first-order chi connectivity index (χ1) is 14.3. The molecule has 3 aromatic rings. The van der Waals surface area contributed by atoms with Crippen LogP contribution in [0.2, 0.25) is 0 Å². The lowest BCUT2D eigenvalue weighted by atomic mass is 10.1. The van der Waals surface area contributed by atoms with Crippen LogP contribution in [0.3, 0.4) is 0 Å². The van der Waals surface area contributed by atoms with Crippen molar-refractivity contribution in [1.29, 1.82) is 0 Å². The first-order valence-electron chi connectivity index (χ1n) is 9.37. The minimum atomic E-state index is -3.32. The Hall–Kier alpha value is -3.46. The van der Waals surface area contributed by atoms with Gasteiger partial charge in [-0.1, -0.05) is 48.5 Å². The number of nitrogens with zero attached hydrogens (tertiary/aromatic N) is 2. The molecular weight excluding hydrogens is 404 g/mol. The Labute approximate surface area is 173 Å². The highest BCUT2D eigenvalue weighted by atomic mass is 32.2. The van der Waals surface area contributed by atoms with E-state index < -0.39 is 21.7 Å². The van der Waals surface area contributed by atoms with Gasteiger partial charge in [-0.2, -0.15) is 5.10 Å². The van der Waals surface area contributed by atoms with E-state index in [1.54, 1.807) is 31.2 Å². The number of nitrogens with one attached hydrogen (secondary N) is 2. The van der Waals surface area contributed by atoms with Gasteiger partial charge in [0.1, 0.15) is 5.82 Å². The number of benzene rings is 2. The van der Waals surface area contributed by atoms with E-state index >= 15 is 0 Å². The second-order valence-corrected chi connectivity index (χ2v) is 9.18. The van der Waals surface area contributed by atoms with E-state index in [0.717, 1.165) is 5.56 Å². The van der Waals surface area contributed by atoms with Gasteiger partial charge in [-0.15, -0.1) is 0 Å². The Morgan fingerprint density at radius 3 is 2.27 bits per heavy atom. The van der Waals surface area contributed by atoms with Crippen LogP contribution in [0, 0.1) is 0 Å². The van der Waals surface area contributed by atoms with Crippen molar-refractivity contribution in [3.05, 3.63) is 77.5 Å². The number of sulfone groups is 1. The standard InChI is InChI=1S/C21H20N4O4S/c1-14(15-8-4-2-5-9-15)22-20(26)21(27)23-19-17-12-30(28,29)13-18(17)24-25(19)16-10-6-3-7-11-16/h2-11,14H,12-13H2,1H3,(H,22,26)(H,23,27)/t14-/m1/s1. The number of aromatic nitrogens is 2. The second kappa shape index (κ2) is 7.75. The molecule has 1 aliphatic heterocycles. The summed E-state index contributed by atoms with van der Waals surface area (Å²) < 4.78 is 25.5. The van der Waals surface area contributed by atoms with E-state index in [2.05, 4.69) is 15.7 Å². The second-order valence-electron chi connectivity index (χ2n) is 7.11. The van der Waals surface area contributed by atoms with Gasteiger partial charge in [0.25, 0.3) is 0 Å². The molecule has 1 aromatic heterocycles. The molecular formula is C21H20N4O4S. The zero-order valence-electron chi connectivity index (χ0n) is 16.2. The van der Waals surface area contributed by atoms with Crippen molar-refractivity contribution in [3.8, 4) is 5.69 Å². The summed E-state index contributed by atoms with van der Waals surface area (Å²) >= 11 is 0. The maximum Gasteiger partial charge on any atom is 0.314 e. The Morgan fingerprint density at radius 1 is 0.967 bits per heavy atom. The number of fused-ring (bicyclic) bond motifs is 1. The van der Waals surface area contributed by atoms with E-state index in [-0.39, 0.29) is 23.4 Å². The molecule has 4 rings (SSSR count). The van der Waals surface area contributed by atoms with Gasteiger partial charge in [0.2, 0.25) is 0 Å². The van der Waals surface area contributed by atoms with Crippen molar-refractivity contribution in [2.24, 2.45) is 0 Å². The lowest BCUT2D eigenvalue weighted by Crippen LogP contribution is -2.37. The first kappa shape index (κ1) is 19.8. The van der Waals surface area contributed by atoms with Crippen molar-refractivity contribution in [1.82, 2.24) is 15.1 Å². The van der Waals surface area contributed by atoms with E-state index in [1.165, 1.54) is 4.68 Å². The molecule has 2 heterocycles. The smallest absolute Gasteiger partial charge is 0.314 e. The fraction of sp³-hybridized carbons (Fsp3) is 0.190. The van der Waals surface area contributed by atoms with Crippen LogP contribution in [-0.4, -0.2) is 30.0 Å². The zero-order valence-corrected chi connectivity index (χ0v) is 17.0. The summed E-state index contributed by atoms with van der Waals surface area (Å²) in [6.45, 7) is 1.78.